The lowest BCUT2D eigenvalue weighted by atomic mass is 9.97. The third-order valence-electron chi connectivity index (χ3n) is 5.18. The third kappa shape index (κ3) is 15.6. The molecule has 0 saturated carbocycles. The summed E-state index contributed by atoms with van der Waals surface area (Å²) in [6.07, 6.45) is 2.92. The lowest BCUT2D eigenvalue weighted by Crippen LogP contribution is -2.34. The number of Topliss-reactive ketones (excluding diaryl/α,β-unsaturated/α-hetero) is 3. The molecule has 0 aromatic rings. The summed E-state index contributed by atoms with van der Waals surface area (Å²) in [7, 11) is 0. The Morgan fingerprint density at radius 1 is 0.556 bits per heavy atom. The smallest absolute Gasteiger partial charge is 0.146 e. The van der Waals surface area contributed by atoms with Crippen molar-refractivity contribution in [1.29, 1.82) is 0 Å². The van der Waals surface area contributed by atoms with E-state index in [-0.39, 0.29) is 35.5 Å². The Labute approximate surface area is 167 Å². The summed E-state index contributed by atoms with van der Waals surface area (Å²) < 4.78 is 0. The van der Waals surface area contributed by atoms with Gasteiger partial charge in [-0.05, 0) is 38.5 Å². The van der Waals surface area contributed by atoms with Crippen LogP contribution >= 0.6 is 0 Å². The summed E-state index contributed by atoms with van der Waals surface area (Å²) in [6.45, 7) is 16.7. The molecule has 0 aromatic heterocycles. The van der Waals surface area contributed by atoms with Crippen LogP contribution in [0.4, 0.5) is 0 Å². The molecule has 0 amide bonds. The summed E-state index contributed by atoms with van der Waals surface area (Å²) in [4.78, 5) is 31.9. The van der Waals surface area contributed by atoms with Gasteiger partial charge in [0.1, 0.15) is 17.3 Å². The normalized spacial score (nSPS) is 16.9. The highest BCUT2D eigenvalue weighted by atomic mass is 16.1. The Balaban J connectivity index is -0.000000320. The molecule has 0 aliphatic rings. The van der Waals surface area contributed by atoms with Gasteiger partial charge in [-0.2, -0.15) is 0 Å². The van der Waals surface area contributed by atoms with Crippen LogP contribution in [0.25, 0.3) is 0 Å². The molecule has 162 valence electrons. The quantitative estimate of drug-likeness (QED) is 0.558. The van der Waals surface area contributed by atoms with Crippen LogP contribution in [-0.4, -0.2) is 35.5 Å². The van der Waals surface area contributed by atoms with Crippen molar-refractivity contribution in [3.63, 3.8) is 0 Å². The van der Waals surface area contributed by atoms with E-state index in [2.05, 4.69) is 0 Å². The Bertz CT molecular complexity index is 365. The molecule has 0 aromatic carbocycles. The zero-order valence-electron chi connectivity index (χ0n) is 19.0. The summed E-state index contributed by atoms with van der Waals surface area (Å²) in [5.41, 5.74) is 16.6. The fourth-order valence-electron chi connectivity index (χ4n) is 1.96. The van der Waals surface area contributed by atoms with Crippen molar-refractivity contribution in [2.24, 2.45) is 35.0 Å². The summed E-state index contributed by atoms with van der Waals surface area (Å²) in [5.74, 6) is 1.23. The average Bonchev–Trinajstić information content (AvgIpc) is 2.64. The molecule has 0 bridgehead atoms. The van der Waals surface area contributed by atoms with E-state index in [1.807, 2.05) is 41.5 Å². The minimum atomic E-state index is -0.255. The first kappa shape index (κ1) is 30.6. The largest absolute Gasteiger partial charge is 0.321 e. The Kier molecular flexibility index (Phi) is 19.3. The first-order valence-electron chi connectivity index (χ1n) is 10.1. The van der Waals surface area contributed by atoms with E-state index in [1.165, 1.54) is 20.8 Å². The van der Waals surface area contributed by atoms with Crippen LogP contribution < -0.4 is 17.2 Å². The van der Waals surface area contributed by atoms with Crippen molar-refractivity contribution in [2.75, 3.05) is 0 Å². The molecule has 0 saturated heterocycles. The van der Waals surface area contributed by atoms with Crippen LogP contribution in [0.3, 0.4) is 0 Å². The first-order valence-corrected chi connectivity index (χ1v) is 10.1. The summed E-state index contributed by atoms with van der Waals surface area (Å²) in [5, 5.41) is 0. The molecular weight excluding hydrogens is 342 g/mol. The fourth-order valence-corrected chi connectivity index (χ4v) is 1.96. The standard InChI is InChI=1S/3C7H15NO/c3*1-4-5(2)7(8)6(3)9/h3*5,7H,4,8H2,1-3H3/t2*5-,7+;5-,7-/m100/s1. The molecule has 6 heteroatoms. The van der Waals surface area contributed by atoms with Crippen molar-refractivity contribution in [2.45, 2.75) is 99.7 Å². The van der Waals surface area contributed by atoms with E-state index in [4.69, 9.17) is 17.2 Å². The van der Waals surface area contributed by atoms with Gasteiger partial charge in [0.25, 0.3) is 0 Å². The predicted octanol–water partition coefficient (Wildman–Crippen LogP) is 2.85. The maximum Gasteiger partial charge on any atom is 0.146 e. The highest BCUT2D eigenvalue weighted by Crippen LogP contribution is 2.06. The molecule has 0 fully saturated rings. The maximum absolute atomic E-state index is 10.6. The Morgan fingerprint density at radius 2 is 0.704 bits per heavy atom. The van der Waals surface area contributed by atoms with Crippen molar-refractivity contribution in [3.05, 3.63) is 0 Å². The molecule has 27 heavy (non-hydrogen) atoms. The summed E-state index contributed by atoms with van der Waals surface area (Å²) >= 11 is 0. The van der Waals surface area contributed by atoms with E-state index in [9.17, 15) is 14.4 Å². The number of hydrogen-bond acceptors (Lipinski definition) is 6. The highest BCUT2D eigenvalue weighted by molar-refractivity contribution is 5.82. The predicted molar refractivity (Wildman–Crippen MR) is 114 cm³/mol. The number of nitrogens with two attached hydrogens (primary N) is 3. The SMILES string of the molecule is CC[C@@H](C)[C@H](N)C(C)=O.CC[C@H](C)[C@@H](N)C(C)=O.CC[C@H](C)[C@H](N)C(C)=O. The topological polar surface area (TPSA) is 129 Å². The van der Waals surface area contributed by atoms with Crippen molar-refractivity contribution in [3.8, 4) is 0 Å². The van der Waals surface area contributed by atoms with Crippen molar-refractivity contribution >= 4 is 17.3 Å². The number of rotatable bonds is 9. The van der Waals surface area contributed by atoms with E-state index < -0.39 is 0 Å². The lowest BCUT2D eigenvalue weighted by Gasteiger charge is -2.13. The van der Waals surface area contributed by atoms with Crippen LogP contribution in [-0.2, 0) is 14.4 Å². The van der Waals surface area contributed by atoms with Gasteiger partial charge in [-0.15, -0.1) is 0 Å². The molecular formula is C21H45N3O3. The zero-order valence-corrected chi connectivity index (χ0v) is 19.0. The third-order valence-corrected chi connectivity index (χ3v) is 5.18. The molecule has 0 radical (unpaired) electrons. The first-order chi connectivity index (χ1) is 12.3. The molecule has 0 unspecified atom stereocenters. The van der Waals surface area contributed by atoms with Crippen LogP contribution in [0.2, 0.25) is 0 Å². The number of carbonyl (C=O) groups excluding carboxylic acids is 3. The van der Waals surface area contributed by atoms with E-state index in [1.54, 1.807) is 0 Å². The van der Waals surface area contributed by atoms with E-state index in [0.29, 0.717) is 17.8 Å². The molecule has 6 N–H and O–H groups in total. The molecule has 6 atom stereocenters. The maximum atomic E-state index is 10.6. The molecule has 0 aliphatic heterocycles. The second-order valence-corrected chi connectivity index (χ2v) is 7.57. The van der Waals surface area contributed by atoms with E-state index >= 15 is 0 Å². The zero-order chi connectivity index (χ0) is 22.3. The Morgan fingerprint density at radius 3 is 0.741 bits per heavy atom. The Hall–Kier alpha value is -1.11. The van der Waals surface area contributed by atoms with Crippen molar-refractivity contribution in [1.82, 2.24) is 0 Å². The lowest BCUT2D eigenvalue weighted by molar-refractivity contribution is -0.120. The number of ketones is 3. The average molecular weight is 388 g/mol. The monoisotopic (exact) mass is 387 g/mol. The number of hydrogen-bond donors (Lipinski definition) is 3. The minimum absolute atomic E-state index is 0.0874. The van der Waals surface area contributed by atoms with Crippen LogP contribution in [0.1, 0.15) is 81.6 Å². The van der Waals surface area contributed by atoms with Gasteiger partial charge in [0.15, 0.2) is 0 Å². The van der Waals surface area contributed by atoms with Gasteiger partial charge < -0.3 is 17.2 Å². The van der Waals surface area contributed by atoms with Crippen molar-refractivity contribution < 1.29 is 14.4 Å². The van der Waals surface area contributed by atoms with Gasteiger partial charge in [-0.3, -0.25) is 14.4 Å². The molecule has 0 spiro atoms. The molecule has 0 aliphatic carbocycles. The molecule has 0 heterocycles. The fraction of sp³-hybridized carbons (Fsp3) is 0.857. The molecule has 0 rings (SSSR count). The second kappa shape index (κ2) is 17.0. The van der Waals surface area contributed by atoms with Gasteiger partial charge >= 0.3 is 0 Å². The van der Waals surface area contributed by atoms with Gasteiger partial charge in [0, 0.05) is 0 Å². The van der Waals surface area contributed by atoms with Gasteiger partial charge in [-0.1, -0.05) is 60.8 Å². The highest BCUT2D eigenvalue weighted by Gasteiger charge is 2.15. The summed E-state index contributed by atoms with van der Waals surface area (Å²) in [6, 6.07) is -0.764. The van der Waals surface area contributed by atoms with Crippen LogP contribution in [0.5, 0.6) is 0 Å². The van der Waals surface area contributed by atoms with Gasteiger partial charge in [0.05, 0.1) is 18.1 Å². The molecule has 6 nitrogen and oxygen atoms in total. The minimum Gasteiger partial charge on any atom is -0.321 e. The van der Waals surface area contributed by atoms with Gasteiger partial charge in [-0.25, -0.2) is 0 Å². The second-order valence-electron chi connectivity index (χ2n) is 7.57. The van der Waals surface area contributed by atoms with E-state index in [0.717, 1.165) is 19.3 Å². The number of carbonyl (C=O) groups is 3. The van der Waals surface area contributed by atoms with Crippen LogP contribution in [0.15, 0.2) is 0 Å². The van der Waals surface area contributed by atoms with Crippen LogP contribution in [0, 0.1) is 17.8 Å². The van der Waals surface area contributed by atoms with Gasteiger partial charge in [0.2, 0.25) is 0 Å².